The zero-order chi connectivity index (χ0) is 52.9. The van der Waals surface area contributed by atoms with Crippen molar-refractivity contribution in [1.29, 1.82) is 0 Å². The van der Waals surface area contributed by atoms with Gasteiger partial charge in [0.05, 0.1) is 38.6 Å². The number of amides is 2. The Kier molecular flexibility index (Phi) is 13.3. The number of fused-ring (bicyclic) bond motifs is 6. The van der Waals surface area contributed by atoms with Crippen molar-refractivity contribution >= 4 is 46.5 Å². The van der Waals surface area contributed by atoms with Crippen molar-refractivity contribution in [2.45, 2.75) is 138 Å². The van der Waals surface area contributed by atoms with Crippen LogP contribution in [0.2, 0.25) is 0 Å². The quantitative estimate of drug-likeness (QED) is 0.122. The first-order chi connectivity index (χ1) is 35.3. The molecule has 4 fully saturated rings. The van der Waals surface area contributed by atoms with Crippen LogP contribution in [0.25, 0.3) is 10.9 Å². The molecule has 4 N–H and O–H groups in total. The number of carbonyl (C=O) groups is 5. The number of piperidine rings is 1. The molecule has 18 nitrogen and oxygen atoms in total. The first kappa shape index (κ1) is 51.9. The average Bonchev–Trinajstić information content (AvgIpc) is 4.29. The molecule has 7 unspecified atom stereocenters. The van der Waals surface area contributed by atoms with E-state index in [1.807, 2.05) is 61.2 Å². The van der Waals surface area contributed by atoms with Crippen molar-refractivity contribution < 1.29 is 58.2 Å². The molecule has 7 heterocycles. The lowest BCUT2D eigenvalue weighted by Crippen LogP contribution is -2.81. The minimum atomic E-state index is -2.53. The fraction of sp³-hybridized carbons (Fsp3) is 0.625. The van der Waals surface area contributed by atoms with E-state index in [2.05, 4.69) is 20.9 Å². The second-order valence-corrected chi connectivity index (χ2v) is 22.7. The fourth-order valence-corrected chi connectivity index (χ4v) is 15.6. The molecule has 3 aromatic rings. The molecule has 2 bridgehead atoms. The van der Waals surface area contributed by atoms with Crippen LogP contribution in [0.3, 0.4) is 0 Å². The summed E-state index contributed by atoms with van der Waals surface area (Å²) in [6.07, 6.45) is 4.73. The SMILES string of the molecule is CC[C@]1(O)C[C@@H]2CN(CCc3c([nH]c4ccccc34)C(C(=O)OC)(c3cc4c(cc3CO)N(C)C3C45CCN4CC=C[C@](CC)(C45)[C@@H](OC(=O)C4CCCN4C(=O)CN(C)C(=O)OC(C)C)C3(O)C(=O)OC)C2)C1. The van der Waals surface area contributed by atoms with E-state index in [4.69, 9.17) is 18.9 Å². The van der Waals surface area contributed by atoms with Crippen LogP contribution >= 0.6 is 0 Å². The zero-order valence-electron chi connectivity index (χ0n) is 44.1. The molecule has 2 aromatic carbocycles. The smallest absolute Gasteiger partial charge is 0.410 e. The summed E-state index contributed by atoms with van der Waals surface area (Å²) in [5.74, 6) is -2.95. The number of para-hydroxylation sites is 1. The van der Waals surface area contributed by atoms with E-state index in [9.17, 15) is 29.7 Å². The standard InChI is InChI=1S/C56H74N6O12/c1-9-52(69)27-34-28-55(49(66)71-7,44-37(18-23-60(29-34)32-52)36-15-11-12-16-40(36)57-44)38-26-39-42(25-35(38)31-63)59(6)47-54(39)20-24-61-21-14-19-53(10-2,46(54)61)48(56(47,70)50(67)72-8)74-45(65)41-17-13-22-62(41)43(64)30-58(5)51(68)73-33(3)4/h11-12,14-16,19,25-26,33-34,41,46-48,57,63,69-70H,9-10,13,17-18,20-24,27-32H2,1-8H3/t34-,41?,46?,47?,48+,52-,53+,54?,55?,56?/m0/s1. The number of methoxy groups -OCH3 is 2. The number of likely N-dealkylation sites (tertiary alicyclic amines) is 1. The highest BCUT2D eigenvalue weighted by molar-refractivity contribution is 5.95. The molecule has 1 saturated carbocycles. The highest BCUT2D eigenvalue weighted by atomic mass is 16.6. The predicted molar refractivity (Wildman–Crippen MR) is 273 cm³/mol. The van der Waals surface area contributed by atoms with Crippen LogP contribution in [0.1, 0.15) is 101 Å². The number of aromatic nitrogens is 1. The molecule has 2 amide bonds. The molecule has 74 heavy (non-hydrogen) atoms. The maximum Gasteiger partial charge on any atom is 0.410 e. The molecule has 11 atom stereocenters. The first-order valence-electron chi connectivity index (χ1n) is 26.6. The summed E-state index contributed by atoms with van der Waals surface area (Å²) in [6, 6.07) is 9.27. The van der Waals surface area contributed by atoms with Gasteiger partial charge in [-0.25, -0.2) is 14.4 Å². The predicted octanol–water partition coefficient (Wildman–Crippen LogP) is 3.92. The molecule has 1 spiro atoms. The van der Waals surface area contributed by atoms with Gasteiger partial charge in [0.25, 0.3) is 0 Å². The van der Waals surface area contributed by atoms with Gasteiger partial charge in [0.15, 0.2) is 6.10 Å². The van der Waals surface area contributed by atoms with Gasteiger partial charge in [-0.05, 0) is 112 Å². The number of aliphatic hydroxyl groups is 3. The largest absolute Gasteiger partial charge is 0.468 e. The van der Waals surface area contributed by atoms with Gasteiger partial charge in [-0.15, -0.1) is 0 Å². The highest BCUT2D eigenvalue weighted by Gasteiger charge is 2.80. The van der Waals surface area contributed by atoms with Gasteiger partial charge >= 0.3 is 24.0 Å². The number of nitrogens with zero attached hydrogens (tertiary/aromatic N) is 5. The van der Waals surface area contributed by atoms with E-state index in [1.54, 1.807) is 20.9 Å². The van der Waals surface area contributed by atoms with Gasteiger partial charge in [-0.3, -0.25) is 19.4 Å². The summed E-state index contributed by atoms with van der Waals surface area (Å²) >= 11 is 0. The fourth-order valence-electron chi connectivity index (χ4n) is 15.6. The molecule has 7 aliphatic rings. The Bertz CT molecular complexity index is 2780. The third kappa shape index (κ3) is 7.53. The molecule has 1 aromatic heterocycles. The summed E-state index contributed by atoms with van der Waals surface area (Å²) in [4.78, 5) is 85.0. The van der Waals surface area contributed by atoms with Crippen LogP contribution in [0.4, 0.5) is 10.5 Å². The van der Waals surface area contributed by atoms with Crippen molar-refractivity contribution in [1.82, 2.24) is 24.6 Å². The van der Waals surface area contributed by atoms with Gasteiger partial charge in [0.2, 0.25) is 11.5 Å². The summed E-state index contributed by atoms with van der Waals surface area (Å²) in [5, 5.41) is 38.7. The number of nitrogens with one attached hydrogen (secondary N) is 1. The van der Waals surface area contributed by atoms with Gasteiger partial charge in [-0.1, -0.05) is 50.3 Å². The van der Waals surface area contributed by atoms with Gasteiger partial charge in [0, 0.05) is 86.0 Å². The maximum absolute atomic E-state index is 15.5. The van der Waals surface area contributed by atoms with E-state index >= 15 is 9.59 Å². The van der Waals surface area contributed by atoms with Crippen molar-refractivity contribution in [3.8, 4) is 0 Å². The van der Waals surface area contributed by atoms with Crippen molar-refractivity contribution in [3.63, 3.8) is 0 Å². The Morgan fingerprint density at radius 2 is 1.70 bits per heavy atom. The highest BCUT2D eigenvalue weighted by Crippen LogP contribution is 2.68. The Balaban J connectivity index is 1.14. The van der Waals surface area contributed by atoms with E-state index in [0.717, 1.165) is 26.9 Å². The Hall–Kier alpha value is -5.53. The number of hydrogen-bond acceptors (Lipinski definition) is 15. The number of hydrogen-bond donors (Lipinski definition) is 4. The second kappa shape index (κ2) is 18.9. The number of esters is 3. The molecule has 18 heteroatoms. The van der Waals surface area contributed by atoms with Crippen LogP contribution < -0.4 is 4.90 Å². The van der Waals surface area contributed by atoms with Crippen molar-refractivity contribution in [3.05, 3.63) is 76.5 Å². The third-order valence-corrected chi connectivity index (χ3v) is 18.5. The number of aromatic amines is 1. The summed E-state index contributed by atoms with van der Waals surface area (Å²) in [6.45, 7) is 9.70. The Labute approximate surface area is 432 Å². The molecule has 1 aliphatic carbocycles. The molecule has 6 aliphatic heterocycles. The lowest BCUT2D eigenvalue weighted by molar-refractivity contribution is -0.231. The van der Waals surface area contributed by atoms with Crippen molar-refractivity contribution in [2.75, 3.05) is 79.0 Å². The number of H-pyrrole nitrogens is 1. The zero-order valence-corrected chi connectivity index (χ0v) is 44.1. The number of benzene rings is 2. The van der Waals surface area contributed by atoms with Crippen molar-refractivity contribution in [2.24, 2.45) is 11.3 Å². The second-order valence-electron chi connectivity index (χ2n) is 22.7. The summed E-state index contributed by atoms with van der Waals surface area (Å²) in [7, 11) is 5.86. The lowest BCUT2D eigenvalue weighted by Gasteiger charge is -2.63. The first-order valence-corrected chi connectivity index (χ1v) is 26.6. The molecule has 0 radical (unpaired) electrons. The number of rotatable bonds is 11. The molecule has 10 rings (SSSR count). The van der Waals surface area contributed by atoms with Crippen LogP contribution in [-0.4, -0.2) is 185 Å². The van der Waals surface area contributed by atoms with Crippen LogP contribution in [0, 0.1) is 11.3 Å². The number of aliphatic hydroxyl groups excluding tert-OH is 1. The average molecular weight is 1020 g/mol. The number of anilines is 1. The Morgan fingerprint density at radius 1 is 0.946 bits per heavy atom. The minimum absolute atomic E-state index is 0.181. The third-order valence-electron chi connectivity index (χ3n) is 18.5. The summed E-state index contributed by atoms with van der Waals surface area (Å²) < 4.78 is 23.6. The normalized spacial score (nSPS) is 33.9. The van der Waals surface area contributed by atoms with E-state index in [1.165, 1.54) is 26.2 Å². The monoisotopic (exact) mass is 1020 g/mol. The maximum atomic E-state index is 15.5. The number of carbonyl (C=O) groups excluding carboxylic acids is 5. The number of ether oxygens (including phenoxy) is 4. The van der Waals surface area contributed by atoms with E-state index in [-0.39, 0.29) is 31.8 Å². The lowest BCUT2D eigenvalue weighted by atomic mass is 9.47. The summed E-state index contributed by atoms with van der Waals surface area (Å²) in [5.41, 5.74) is -2.47. The van der Waals surface area contributed by atoms with E-state index in [0.29, 0.717) is 93.8 Å². The topological polar surface area (TPSA) is 215 Å². The number of likely N-dealkylation sites (N-methyl/N-ethyl adjacent to an activating group) is 2. The van der Waals surface area contributed by atoms with Crippen LogP contribution in [0.5, 0.6) is 0 Å². The van der Waals surface area contributed by atoms with Gasteiger partial charge in [-0.2, -0.15) is 0 Å². The molecule has 3 saturated heterocycles. The van der Waals surface area contributed by atoms with E-state index < -0.39 is 94.3 Å². The van der Waals surface area contributed by atoms with Crippen LogP contribution in [-0.2, 0) is 62.0 Å². The molecule has 400 valence electrons. The minimum Gasteiger partial charge on any atom is -0.468 e. The van der Waals surface area contributed by atoms with Gasteiger partial charge in [0.1, 0.15) is 18.0 Å². The van der Waals surface area contributed by atoms with Gasteiger partial charge < -0.3 is 54.0 Å². The molecular weight excluding hydrogens is 949 g/mol. The molecular formula is C56H74N6O12. The van der Waals surface area contributed by atoms with Crippen LogP contribution in [0.15, 0.2) is 48.6 Å². The Morgan fingerprint density at radius 3 is 2.41 bits per heavy atom.